The SMILES string of the molecule is O=C(Cc1ccc(F)cc1)NNC(=O)c1cccnc1. The number of carbonyl (C=O) groups excluding carboxylic acids is 2. The highest BCUT2D eigenvalue weighted by Gasteiger charge is 2.07. The molecule has 0 fully saturated rings. The summed E-state index contributed by atoms with van der Waals surface area (Å²) in [6.45, 7) is 0. The fraction of sp³-hybridized carbons (Fsp3) is 0.0714. The maximum atomic E-state index is 12.7. The van der Waals surface area contributed by atoms with Crippen LogP contribution in [0.1, 0.15) is 15.9 Å². The highest BCUT2D eigenvalue weighted by atomic mass is 19.1. The van der Waals surface area contributed by atoms with E-state index >= 15 is 0 Å². The second kappa shape index (κ2) is 6.42. The first-order valence-corrected chi connectivity index (χ1v) is 5.89. The van der Waals surface area contributed by atoms with Gasteiger partial charge in [0.05, 0.1) is 12.0 Å². The second-order valence-electron chi connectivity index (χ2n) is 4.05. The van der Waals surface area contributed by atoms with Crippen LogP contribution in [0.4, 0.5) is 4.39 Å². The third-order valence-electron chi connectivity index (χ3n) is 2.52. The van der Waals surface area contributed by atoms with Gasteiger partial charge in [-0.15, -0.1) is 0 Å². The molecule has 5 nitrogen and oxygen atoms in total. The molecular formula is C14H12FN3O2. The molecule has 0 aliphatic carbocycles. The van der Waals surface area contributed by atoms with Crippen molar-refractivity contribution in [2.75, 3.05) is 0 Å². The Balaban J connectivity index is 1.83. The summed E-state index contributed by atoms with van der Waals surface area (Å²) in [5.41, 5.74) is 5.56. The van der Waals surface area contributed by atoms with E-state index in [4.69, 9.17) is 0 Å². The number of aromatic nitrogens is 1. The maximum absolute atomic E-state index is 12.7. The van der Waals surface area contributed by atoms with Crippen molar-refractivity contribution < 1.29 is 14.0 Å². The van der Waals surface area contributed by atoms with E-state index in [1.807, 2.05) is 0 Å². The van der Waals surface area contributed by atoms with Crippen molar-refractivity contribution in [2.24, 2.45) is 0 Å². The molecule has 0 saturated carbocycles. The van der Waals surface area contributed by atoms with Crippen LogP contribution < -0.4 is 10.9 Å². The molecule has 0 aliphatic heterocycles. The highest BCUT2D eigenvalue weighted by molar-refractivity contribution is 5.95. The van der Waals surface area contributed by atoms with Gasteiger partial charge in [0.25, 0.3) is 5.91 Å². The summed E-state index contributed by atoms with van der Waals surface area (Å²) in [6, 6.07) is 8.77. The lowest BCUT2D eigenvalue weighted by molar-refractivity contribution is -0.121. The molecule has 1 aromatic heterocycles. The molecule has 2 N–H and O–H groups in total. The largest absolute Gasteiger partial charge is 0.273 e. The van der Waals surface area contributed by atoms with Crippen LogP contribution in [0.3, 0.4) is 0 Å². The van der Waals surface area contributed by atoms with Crippen LogP contribution >= 0.6 is 0 Å². The number of nitrogens with zero attached hydrogens (tertiary/aromatic N) is 1. The molecule has 2 aromatic rings. The van der Waals surface area contributed by atoms with Gasteiger partial charge in [-0.2, -0.15) is 0 Å². The lowest BCUT2D eigenvalue weighted by atomic mass is 10.1. The quantitative estimate of drug-likeness (QED) is 0.826. The zero-order chi connectivity index (χ0) is 14.4. The summed E-state index contributed by atoms with van der Waals surface area (Å²) in [4.78, 5) is 27.0. The Hall–Kier alpha value is -2.76. The number of hydrogen-bond donors (Lipinski definition) is 2. The minimum Gasteiger partial charge on any atom is -0.273 e. The molecular weight excluding hydrogens is 261 g/mol. The van der Waals surface area contributed by atoms with E-state index in [-0.39, 0.29) is 12.2 Å². The van der Waals surface area contributed by atoms with Gasteiger partial charge in [-0.1, -0.05) is 12.1 Å². The van der Waals surface area contributed by atoms with Gasteiger partial charge in [0.15, 0.2) is 0 Å². The van der Waals surface area contributed by atoms with E-state index in [0.29, 0.717) is 11.1 Å². The first-order chi connectivity index (χ1) is 9.65. The minimum absolute atomic E-state index is 0.0492. The maximum Gasteiger partial charge on any atom is 0.271 e. The fourth-order valence-electron chi connectivity index (χ4n) is 1.53. The van der Waals surface area contributed by atoms with Crippen LogP contribution in [0.25, 0.3) is 0 Å². The molecule has 2 amide bonds. The lowest BCUT2D eigenvalue weighted by Gasteiger charge is -2.07. The Labute approximate surface area is 114 Å². The standard InChI is InChI=1S/C14H12FN3O2/c15-12-5-3-10(4-6-12)8-13(19)17-18-14(20)11-2-1-7-16-9-11/h1-7,9H,8H2,(H,17,19)(H,18,20). The van der Waals surface area contributed by atoms with Crippen LogP contribution in [0.15, 0.2) is 48.8 Å². The summed E-state index contributed by atoms with van der Waals surface area (Å²) < 4.78 is 12.7. The van der Waals surface area contributed by atoms with Crippen molar-refractivity contribution in [3.8, 4) is 0 Å². The van der Waals surface area contributed by atoms with Crippen molar-refractivity contribution in [2.45, 2.75) is 6.42 Å². The zero-order valence-corrected chi connectivity index (χ0v) is 10.5. The topological polar surface area (TPSA) is 71.1 Å². The normalized spacial score (nSPS) is 9.85. The summed E-state index contributed by atoms with van der Waals surface area (Å²) in [5, 5.41) is 0. The van der Waals surface area contributed by atoms with Crippen molar-refractivity contribution >= 4 is 11.8 Å². The number of hydrogen-bond acceptors (Lipinski definition) is 3. The van der Waals surface area contributed by atoms with Gasteiger partial charge < -0.3 is 0 Å². The smallest absolute Gasteiger partial charge is 0.271 e. The van der Waals surface area contributed by atoms with Crippen molar-refractivity contribution in [1.29, 1.82) is 0 Å². The Bertz CT molecular complexity index is 600. The molecule has 0 radical (unpaired) electrons. The molecule has 0 aliphatic rings. The Morgan fingerprint density at radius 1 is 1.10 bits per heavy atom. The van der Waals surface area contributed by atoms with Crippen molar-refractivity contribution in [3.63, 3.8) is 0 Å². The Kier molecular flexibility index (Phi) is 4.39. The first-order valence-electron chi connectivity index (χ1n) is 5.89. The summed E-state index contributed by atoms with van der Waals surface area (Å²) in [6.07, 6.45) is 2.99. The number of halogens is 1. The third-order valence-corrected chi connectivity index (χ3v) is 2.52. The summed E-state index contributed by atoms with van der Waals surface area (Å²) in [5.74, 6) is -1.21. The number of rotatable bonds is 3. The van der Waals surface area contributed by atoms with Crippen molar-refractivity contribution in [3.05, 3.63) is 65.7 Å². The number of benzene rings is 1. The van der Waals surface area contributed by atoms with E-state index < -0.39 is 11.8 Å². The second-order valence-corrected chi connectivity index (χ2v) is 4.05. The van der Waals surface area contributed by atoms with E-state index in [1.54, 1.807) is 18.3 Å². The molecule has 6 heteroatoms. The summed E-state index contributed by atoms with van der Waals surface area (Å²) in [7, 11) is 0. The number of nitrogens with one attached hydrogen (secondary N) is 2. The van der Waals surface area contributed by atoms with Gasteiger partial charge in [-0.25, -0.2) is 4.39 Å². The average molecular weight is 273 g/mol. The minimum atomic E-state index is -0.453. The summed E-state index contributed by atoms with van der Waals surface area (Å²) >= 11 is 0. The van der Waals surface area contributed by atoms with E-state index in [9.17, 15) is 14.0 Å². The molecule has 0 bridgehead atoms. The van der Waals surface area contributed by atoms with Crippen LogP contribution in [0, 0.1) is 5.82 Å². The van der Waals surface area contributed by atoms with Gasteiger partial charge in [0.2, 0.25) is 5.91 Å². The van der Waals surface area contributed by atoms with Crippen LogP contribution in [0.2, 0.25) is 0 Å². The Morgan fingerprint density at radius 3 is 2.50 bits per heavy atom. The molecule has 1 heterocycles. The molecule has 0 saturated heterocycles. The van der Waals surface area contributed by atoms with E-state index in [2.05, 4.69) is 15.8 Å². The van der Waals surface area contributed by atoms with Gasteiger partial charge in [-0.05, 0) is 29.8 Å². The van der Waals surface area contributed by atoms with E-state index in [1.165, 1.54) is 30.5 Å². The predicted molar refractivity (Wildman–Crippen MR) is 69.9 cm³/mol. The molecule has 2 rings (SSSR count). The molecule has 0 atom stereocenters. The van der Waals surface area contributed by atoms with Crippen LogP contribution in [0.5, 0.6) is 0 Å². The molecule has 0 unspecified atom stereocenters. The number of pyridine rings is 1. The number of amides is 2. The van der Waals surface area contributed by atoms with E-state index in [0.717, 1.165) is 0 Å². The van der Waals surface area contributed by atoms with Crippen LogP contribution in [-0.4, -0.2) is 16.8 Å². The van der Waals surface area contributed by atoms with Crippen molar-refractivity contribution in [1.82, 2.24) is 15.8 Å². The average Bonchev–Trinajstić information content (AvgIpc) is 2.48. The van der Waals surface area contributed by atoms with Gasteiger partial charge in [0, 0.05) is 12.4 Å². The zero-order valence-electron chi connectivity index (χ0n) is 10.5. The number of hydrazine groups is 1. The van der Waals surface area contributed by atoms with Gasteiger partial charge >= 0.3 is 0 Å². The van der Waals surface area contributed by atoms with Gasteiger partial charge in [-0.3, -0.25) is 25.4 Å². The molecule has 20 heavy (non-hydrogen) atoms. The first kappa shape index (κ1) is 13.7. The molecule has 102 valence electrons. The van der Waals surface area contributed by atoms with Crippen LogP contribution in [-0.2, 0) is 11.2 Å². The fourth-order valence-corrected chi connectivity index (χ4v) is 1.53. The molecule has 1 aromatic carbocycles. The van der Waals surface area contributed by atoms with Gasteiger partial charge in [0.1, 0.15) is 5.82 Å². The number of carbonyl (C=O) groups is 2. The highest BCUT2D eigenvalue weighted by Crippen LogP contribution is 2.03. The predicted octanol–water partition coefficient (Wildman–Crippen LogP) is 1.22. The third kappa shape index (κ3) is 3.88. The Morgan fingerprint density at radius 2 is 1.85 bits per heavy atom. The lowest BCUT2D eigenvalue weighted by Crippen LogP contribution is -2.42. The monoisotopic (exact) mass is 273 g/mol. The molecule has 0 spiro atoms.